The largest absolute Gasteiger partial charge is 0.329 e. The monoisotopic (exact) mass is 236 g/mol. The summed E-state index contributed by atoms with van der Waals surface area (Å²) < 4.78 is 0. The third-order valence-corrected chi connectivity index (χ3v) is 3.60. The number of nitriles is 1. The molecule has 0 aliphatic heterocycles. The van der Waals surface area contributed by atoms with Crippen molar-refractivity contribution in [2.45, 2.75) is 58.3 Å². The molecule has 1 amide bonds. The molecule has 0 aromatic carbocycles. The summed E-state index contributed by atoms with van der Waals surface area (Å²) in [5, 5.41) is 8.69. The highest BCUT2D eigenvalue weighted by Gasteiger charge is 2.17. The van der Waals surface area contributed by atoms with Gasteiger partial charge in [0.15, 0.2) is 0 Å². The van der Waals surface area contributed by atoms with Crippen LogP contribution < -0.4 is 0 Å². The van der Waals surface area contributed by atoms with Crippen molar-refractivity contribution in [2.24, 2.45) is 5.92 Å². The SMILES string of the molecule is CCCN(CC#N)C(=O)CCC1CCCCC1. The zero-order valence-corrected chi connectivity index (χ0v) is 11.0. The first-order chi connectivity index (χ1) is 8.27. The third kappa shape index (κ3) is 5.21. The fourth-order valence-corrected chi connectivity index (χ4v) is 2.61. The van der Waals surface area contributed by atoms with Crippen molar-refractivity contribution in [3.05, 3.63) is 0 Å². The molecule has 0 saturated heterocycles. The first kappa shape index (κ1) is 14.0. The zero-order valence-electron chi connectivity index (χ0n) is 11.0. The van der Waals surface area contributed by atoms with Gasteiger partial charge in [-0.15, -0.1) is 0 Å². The van der Waals surface area contributed by atoms with Gasteiger partial charge in [-0.1, -0.05) is 39.0 Å². The molecule has 17 heavy (non-hydrogen) atoms. The number of rotatable bonds is 6. The maximum Gasteiger partial charge on any atom is 0.223 e. The van der Waals surface area contributed by atoms with Gasteiger partial charge in [0, 0.05) is 13.0 Å². The smallest absolute Gasteiger partial charge is 0.223 e. The second-order valence-corrected chi connectivity index (χ2v) is 5.02. The summed E-state index contributed by atoms with van der Waals surface area (Å²) in [6.45, 7) is 3.01. The topological polar surface area (TPSA) is 44.1 Å². The normalized spacial score (nSPS) is 16.5. The van der Waals surface area contributed by atoms with Gasteiger partial charge < -0.3 is 4.90 Å². The van der Waals surface area contributed by atoms with Crippen LogP contribution in [0.1, 0.15) is 58.3 Å². The lowest BCUT2D eigenvalue weighted by atomic mass is 9.86. The molecule has 0 aromatic rings. The van der Waals surface area contributed by atoms with Gasteiger partial charge in [-0.3, -0.25) is 4.79 Å². The summed E-state index contributed by atoms with van der Waals surface area (Å²) in [5.74, 6) is 0.914. The standard InChI is InChI=1S/C14H24N2O/c1-2-11-16(12-10-15)14(17)9-8-13-6-4-3-5-7-13/h13H,2-9,11-12H2,1H3. The Labute approximate surface area is 105 Å². The number of hydrogen-bond acceptors (Lipinski definition) is 2. The molecule has 0 heterocycles. The Morgan fingerprint density at radius 2 is 2.06 bits per heavy atom. The molecule has 1 saturated carbocycles. The van der Waals surface area contributed by atoms with Crippen molar-refractivity contribution < 1.29 is 4.79 Å². The minimum absolute atomic E-state index is 0.166. The first-order valence-electron chi connectivity index (χ1n) is 6.92. The molecule has 0 N–H and O–H groups in total. The second-order valence-electron chi connectivity index (χ2n) is 5.02. The lowest BCUT2D eigenvalue weighted by Crippen LogP contribution is -2.32. The Morgan fingerprint density at radius 1 is 1.35 bits per heavy atom. The van der Waals surface area contributed by atoms with Crippen LogP contribution in [0.25, 0.3) is 0 Å². The maximum absolute atomic E-state index is 11.9. The van der Waals surface area contributed by atoms with Crippen LogP contribution in [0.15, 0.2) is 0 Å². The summed E-state index contributed by atoms with van der Waals surface area (Å²) in [5.41, 5.74) is 0. The number of amides is 1. The Kier molecular flexibility index (Phi) is 6.69. The molecule has 0 atom stereocenters. The zero-order chi connectivity index (χ0) is 12.5. The fraction of sp³-hybridized carbons (Fsp3) is 0.857. The van der Waals surface area contributed by atoms with Crippen LogP contribution in [0, 0.1) is 17.2 Å². The number of carbonyl (C=O) groups excluding carboxylic acids is 1. The van der Waals surface area contributed by atoms with Gasteiger partial charge in [-0.2, -0.15) is 5.26 Å². The fourth-order valence-electron chi connectivity index (χ4n) is 2.61. The van der Waals surface area contributed by atoms with Gasteiger partial charge in [0.2, 0.25) is 5.91 Å². The first-order valence-corrected chi connectivity index (χ1v) is 6.92. The van der Waals surface area contributed by atoms with E-state index in [4.69, 9.17) is 5.26 Å². The van der Waals surface area contributed by atoms with E-state index in [1.807, 2.05) is 6.92 Å². The van der Waals surface area contributed by atoms with E-state index in [2.05, 4.69) is 6.07 Å². The minimum Gasteiger partial charge on any atom is -0.329 e. The van der Waals surface area contributed by atoms with Crippen LogP contribution in [0.5, 0.6) is 0 Å². The molecule has 0 aromatic heterocycles. The molecular formula is C14H24N2O. The third-order valence-electron chi connectivity index (χ3n) is 3.60. The average Bonchev–Trinajstić information content (AvgIpc) is 2.37. The van der Waals surface area contributed by atoms with Crippen LogP contribution in [0.2, 0.25) is 0 Å². The molecule has 0 bridgehead atoms. The molecule has 1 aliphatic rings. The van der Waals surface area contributed by atoms with Gasteiger partial charge in [0.1, 0.15) is 6.54 Å². The van der Waals surface area contributed by atoms with Crippen molar-refractivity contribution in [3.8, 4) is 6.07 Å². The molecule has 3 heteroatoms. The lowest BCUT2D eigenvalue weighted by molar-refractivity contribution is -0.131. The molecule has 96 valence electrons. The molecule has 0 unspecified atom stereocenters. The number of carbonyl (C=O) groups is 1. The van der Waals surface area contributed by atoms with Gasteiger partial charge >= 0.3 is 0 Å². The molecule has 0 radical (unpaired) electrons. The molecule has 1 fully saturated rings. The molecule has 1 rings (SSSR count). The summed E-state index contributed by atoms with van der Waals surface area (Å²) >= 11 is 0. The molecule has 0 spiro atoms. The van der Waals surface area contributed by atoms with E-state index in [1.165, 1.54) is 32.1 Å². The maximum atomic E-state index is 11.9. The van der Waals surface area contributed by atoms with Crippen molar-refractivity contribution in [1.29, 1.82) is 5.26 Å². The van der Waals surface area contributed by atoms with Crippen LogP contribution >= 0.6 is 0 Å². The summed E-state index contributed by atoms with van der Waals surface area (Å²) in [7, 11) is 0. The van der Waals surface area contributed by atoms with Crippen molar-refractivity contribution in [3.63, 3.8) is 0 Å². The number of nitrogens with zero attached hydrogens (tertiary/aromatic N) is 2. The van der Waals surface area contributed by atoms with Gasteiger partial charge in [0.25, 0.3) is 0 Å². The lowest BCUT2D eigenvalue weighted by Gasteiger charge is -2.23. The highest BCUT2D eigenvalue weighted by Crippen LogP contribution is 2.27. The van der Waals surface area contributed by atoms with E-state index in [9.17, 15) is 4.79 Å². The van der Waals surface area contributed by atoms with Crippen molar-refractivity contribution in [2.75, 3.05) is 13.1 Å². The summed E-state index contributed by atoms with van der Waals surface area (Å²) in [6.07, 6.45) is 9.18. The quantitative estimate of drug-likeness (QED) is 0.665. The second kappa shape index (κ2) is 8.11. The predicted molar refractivity (Wildman–Crippen MR) is 68.3 cm³/mol. The van der Waals surface area contributed by atoms with Gasteiger partial charge in [-0.05, 0) is 18.8 Å². The Morgan fingerprint density at radius 3 is 2.65 bits per heavy atom. The molecular weight excluding hydrogens is 212 g/mol. The van der Waals surface area contributed by atoms with Crippen molar-refractivity contribution >= 4 is 5.91 Å². The Bertz CT molecular complexity index is 264. The van der Waals surface area contributed by atoms with Crippen LogP contribution in [-0.4, -0.2) is 23.9 Å². The Hall–Kier alpha value is -1.04. The number of hydrogen-bond donors (Lipinski definition) is 0. The van der Waals surface area contributed by atoms with Crippen LogP contribution in [-0.2, 0) is 4.79 Å². The van der Waals surface area contributed by atoms with E-state index in [1.54, 1.807) is 4.90 Å². The van der Waals surface area contributed by atoms with Crippen LogP contribution in [0.3, 0.4) is 0 Å². The van der Waals surface area contributed by atoms with Crippen LogP contribution in [0.4, 0.5) is 0 Å². The highest BCUT2D eigenvalue weighted by molar-refractivity contribution is 5.76. The summed E-state index contributed by atoms with van der Waals surface area (Å²) in [6, 6.07) is 2.08. The van der Waals surface area contributed by atoms with Gasteiger partial charge in [0.05, 0.1) is 6.07 Å². The van der Waals surface area contributed by atoms with E-state index in [0.717, 1.165) is 25.3 Å². The van der Waals surface area contributed by atoms with E-state index >= 15 is 0 Å². The van der Waals surface area contributed by atoms with Crippen molar-refractivity contribution in [1.82, 2.24) is 4.90 Å². The predicted octanol–water partition coefficient (Wildman–Crippen LogP) is 3.11. The van der Waals surface area contributed by atoms with E-state index < -0.39 is 0 Å². The van der Waals surface area contributed by atoms with E-state index in [-0.39, 0.29) is 12.5 Å². The average molecular weight is 236 g/mol. The molecule has 3 nitrogen and oxygen atoms in total. The summed E-state index contributed by atoms with van der Waals surface area (Å²) in [4.78, 5) is 13.6. The minimum atomic E-state index is 0.166. The van der Waals surface area contributed by atoms with E-state index in [0.29, 0.717) is 6.42 Å². The highest BCUT2D eigenvalue weighted by atomic mass is 16.2. The molecule has 1 aliphatic carbocycles. The van der Waals surface area contributed by atoms with Gasteiger partial charge in [-0.25, -0.2) is 0 Å². The Balaban J connectivity index is 2.28.